The van der Waals surface area contributed by atoms with Crippen LogP contribution < -0.4 is 5.32 Å². The number of unbranched alkanes of at least 4 members (excludes halogenated alkanes) is 1. The van der Waals surface area contributed by atoms with Crippen molar-refractivity contribution < 1.29 is 4.79 Å². The van der Waals surface area contributed by atoms with Crippen molar-refractivity contribution in [3.05, 3.63) is 59.2 Å². The monoisotopic (exact) mass is 446 g/mol. The predicted octanol–water partition coefficient (Wildman–Crippen LogP) is 5.99. The van der Waals surface area contributed by atoms with Gasteiger partial charge in [0, 0.05) is 24.0 Å². The summed E-state index contributed by atoms with van der Waals surface area (Å²) in [7, 11) is 0. The highest BCUT2D eigenvalue weighted by molar-refractivity contribution is 5.77. The summed E-state index contributed by atoms with van der Waals surface area (Å²) in [6.07, 6.45) is 15.3. The Morgan fingerprint density at radius 2 is 1.79 bits per heavy atom. The number of carbonyl (C=O) groups is 1. The number of aromatic amines is 1. The Kier molecular flexibility index (Phi) is 8.14. The number of hydrogen-bond acceptors (Lipinski definition) is 3. The number of fused-ring (bicyclic) bond motifs is 1. The molecule has 0 aliphatic heterocycles. The normalized spacial score (nSPS) is 19.2. The molecule has 1 aliphatic rings. The van der Waals surface area contributed by atoms with Crippen molar-refractivity contribution in [3.63, 3.8) is 0 Å². The molecule has 0 bridgehead atoms. The van der Waals surface area contributed by atoms with Gasteiger partial charge < -0.3 is 10.3 Å². The Balaban J connectivity index is 1.16. The minimum atomic E-state index is 0.230. The lowest BCUT2D eigenvalue weighted by Gasteiger charge is -2.25. The number of rotatable bonds is 8. The quantitative estimate of drug-likeness (QED) is 0.418. The molecule has 0 saturated heterocycles. The highest BCUT2D eigenvalue weighted by atomic mass is 16.1. The Morgan fingerprint density at radius 1 is 1.03 bits per heavy atom. The lowest BCUT2D eigenvalue weighted by Crippen LogP contribution is -2.35. The van der Waals surface area contributed by atoms with Gasteiger partial charge in [-0.2, -0.15) is 0 Å². The van der Waals surface area contributed by atoms with Crippen LogP contribution in [0.15, 0.2) is 36.8 Å². The second-order valence-electron chi connectivity index (χ2n) is 9.96. The van der Waals surface area contributed by atoms with Crippen LogP contribution in [-0.4, -0.2) is 26.9 Å². The summed E-state index contributed by atoms with van der Waals surface area (Å²) in [5.41, 5.74) is 6.13. The first-order chi connectivity index (χ1) is 16.1. The molecule has 2 aromatic heterocycles. The molecule has 5 nitrogen and oxygen atoms in total. The van der Waals surface area contributed by atoms with E-state index in [9.17, 15) is 4.79 Å². The van der Waals surface area contributed by atoms with Gasteiger partial charge in [-0.1, -0.05) is 42.2 Å². The molecule has 0 spiro atoms. The number of nitrogens with one attached hydrogen (secondary N) is 2. The van der Waals surface area contributed by atoms with Gasteiger partial charge in [0.25, 0.3) is 0 Å². The van der Waals surface area contributed by atoms with Crippen molar-refractivity contribution in [1.82, 2.24) is 20.3 Å². The van der Waals surface area contributed by atoms with Crippen LogP contribution in [0.3, 0.4) is 0 Å². The van der Waals surface area contributed by atoms with Crippen LogP contribution in [0.2, 0.25) is 0 Å². The van der Waals surface area contributed by atoms with E-state index in [0.29, 0.717) is 18.4 Å². The first-order valence-corrected chi connectivity index (χ1v) is 12.7. The average Bonchev–Trinajstić information content (AvgIpc) is 3.24. The van der Waals surface area contributed by atoms with E-state index in [1.807, 2.05) is 6.20 Å². The molecule has 1 saturated carbocycles. The number of H-pyrrole nitrogens is 1. The summed E-state index contributed by atoms with van der Waals surface area (Å²) in [5.74, 6) is 0.897. The van der Waals surface area contributed by atoms with Crippen molar-refractivity contribution in [3.8, 4) is 0 Å². The fourth-order valence-electron chi connectivity index (χ4n) is 5.43. The zero-order valence-corrected chi connectivity index (χ0v) is 20.2. The van der Waals surface area contributed by atoms with Gasteiger partial charge in [-0.05, 0) is 82.8 Å². The molecule has 3 aromatic rings. The zero-order chi connectivity index (χ0) is 23.0. The second kappa shape index (κ2) is 11.4. The van der Waals surface area contributed by atoms with Crippen LogP contribution in [0.5, 0.6) is 0 Å². The van der Waals surface area contributed by atoms with Crippen LogP contribution in [0.25, 0.3) is 11.0 Å². The third-order valence-electron chi connectivity index (χ3n) is 7.01. The largest absolute Gasteiger partial charge is 0.353 e. The maximum absolute atomic E-state index is 12.5. The molecule has 33 heavy (non-hydrogen) atoms. The first kappa shape index (κ1) is 23.5. The number of nitrogens with zero attached hydrogens (tertiary/aromatic N) is 2. The minimum absolute atomic E-state index is 0.230. The number of aromatic nitrogens is 3. The van der Waals surface area contributed by atoms with Crippen molar-refractivity contribution >= 4 is 16.9 Å². The van der Waals surface area contributed by atoms with Crippen molar-refractivity contribution in [2.45, 2.75) is 90.5 Å². The van der Waals surface area contributed by atoms with Crippen LogP contribution in [0.1, 0.15) is 80.2 Å². The van der Waals surface area contributed by atoms with Gasteiger partial charge in [-0.25, -0.2) is 9.97 Å². The molecular weight excluding hydrogens is 408 g/mol. The Morgan fingerprint density at radius 3 is 2.55 bits per heavy atom. The highest BCUT2D eigenvalue weighted by Crippen LogP contribution is 2.27. The van der Waals surface area contributed by atoms with E-state index in [-0.39, 0.29) is 5.91 Å². The van der Waals surface area contributed by atoms with E-state index in [4.69, 9.17) is 0 Å². The van der Waals surface area contributed by atoms with E-state index in [0.717, 1.165) is 55.3 Å². The first-order valence-electron chi connectivity index (χ1n) is 12.7. The van der Waals surface area contributed by atoms with Gasteiger partial charge in [-0.3, -0.25) is 4.79 Å². The molecule has 2 N–H and O–H groups in total. The van der Waals surface area contributed by atoms with Gasteiger partial charge in [0.2, 0.25) is 5.91 Å². The molecule has 1 aromatic carbocycles. The van der Waals surface area contributed by atoms with E-state index in [1.165, 1.54) is 42.4 Å². The third kappa shape index (κ3) is 6.89. The smallest absolute Gasteiger partial charge is 0.220 e. The predicted molar refractivity (Wildman–Crippen MR) is 134 cm³/mol. The Labute approximate surface area is 197 Å². The maximum atomic E-state index is 12.5. The topological polar surface area (TPSA) is 70.7 Å². The SMILES string of the molecule is Cc1cc(C)cc(CCCCC(=O)NC2CCCC(Cc3ncnc4[nH]ccc34)CCC2)c1. The molecule has 1 fully saturated rings. The van der Waals surface area contributed by atoms with Crippen molar-refractivity contribution in [2.24, 2.45) is 5.92 Å². The summed E-state index contributed by atoms with van der Waals surface area (Å²) in [4.78, 5) is 24.6. The van der Waals surface area contributed by atoms with Gasteiger partial charge in [-0.15, -0.1) is 0 Å². The molecule has 2 heterocycles. The molecule has 0 unspecified atom stereocenters. The van der Waals surface area contributed by atoms with Gasteiger partial charge >= 0.3 is 0 Å². The summed E-state index contributed by atoms with van der Waals surface area (Å²) in [6.45, 7) is 4.30. The number of hydrogen-bond donors (Lipinski definition) is 2. The van der Waals surface area contributed by atoms with Crippen LogP contribution >= 0.6 is 0 Å². The van der Waals surface area contributed by atoms with Crippen molar-refractivity contribution in [2.75, 3.05) is 0 Å². The fraction of sp³-hybridized carbons (Fsp3) is 0.536. The zero-order valence-electron chi connectivity index (χ0n) is 20.2. The summed E-state index contributed by atoms with van der Waals surface area (Å²) in [5, 5.41) is 4.48. The minimum Gasteiger partial charge on any atom is -0.353 e. The molecule has 0 atom stereocenters. The Bertz CT molecular complexity index is 1030. The summed E-state index contributed by atoms with van der Waals surface area (Å²) >= 11 is 0. The van der Waals surface area contributed by atoms with Crippen LogP contribution in [-0.2, 0) is 17.6 Å². The van der Waals surface area contributed by atoms with Gasteiger partial charge in [0.15, 0.2) is 0 Å². The molecule has 176 valence electrons. The van der Waals surface area contributed by atoms with Crippen molar-refractivity contribution in [1.29, 1.82) is 0 Å². The van der Waals surface area contributed by atoms with Crippen LogP contribution in [0.4, 0.5) is 0 Å². The lowest BCUT2D eigenvalue weighted by atomic mass is 9.86. The number of benzene rings is 1. The molecular formula is C28H38N4O. The summed E-state index contributed by atoms with van der Waals surface area (Å²) < 4.78 is 0. The van der Waals surface area contributed by atoms with Gasteiger partial charge in [0.05, 0.1) is 5.69 Å². The fourth-order valence-corrected chi connectivity index (χ4v) is 5.43. The van der Waals surface area contributed by atoms with Crippen LogP contribution in [0, 0.1) is 19.8 Å². The van der Waals surface area contributed by atoms with E-state index < -0.39 is 0 Å². The number of aryl methyl sites for hydroxylation is 3. The highest BCUT2D eigenvalue weighted by Gasteiger charge is 2.20. The molecule has 5 heteroatoms. The standard InChI is InChI=1S/C28H38N4O/c1-20-15-21(2)17-23(16-20)7-3-4-12-27(33)32-24-10-5-8-22(9-6-11-24)18-26-25-13-14-29-28(25)31-19-30-26/h13-17,19,22,24H,3-12,18H2,1-2H3,(H,32,33)(H,29,30,31). The molecule has 1 amide bonds. The number of amides is 1. The van der Waals surface area contributed by atoms with E-state index >= 15 is 0 Å². The molecule has 0 radical (unpaired) electrons. The Hall–Kier alpha value is -2.69. The maximum Gasteiger partial charge on any atom is 0.220 e. The lowest BCUT2D eigenvalue weighted by molar-refractivity contribution is -0.122. The van der Waals surface area contributed by atoms with E-state index in [1.54, 1.807) is 6.33 Å². The molecule has 1 aliphatic carbocycles. The summed E-state index contributed by atoms with van der Waals surface area (Å²) in [6, 6.07) is 9.17. The second-order valence-corrected chi connectivity index (χ2v) is 9.96. The van der Waals surface area contributed by atoms with Gasteiger partial charge in [0.1, 0.15) is 12.0 Å². The average molecular weight is 447 g/mol. The number of carbonyl (C=O) groups excluding carboxylic acids is 1. The third-order valence-corrected chi connectivity index (χ3v) is 7.01. The van der Waals surface area contributed by atoms with E-state index in [2.05, 4.69) is 58.4 Å². The molecule has 4 rings (SSSR count).